The van der Waals surface area contributed by atoms with Crippen LogP contribution in [0.25, 0.3) is 0 Å². The number of phosphoric acid groups is 2. The highest BCUT2D eigenvalue weighted by Crippen LogP contribution is 2.49. The monoisotopic (exact) mass is 966 g/mol. The molecule has 1 aliphatic carbocycles. The van der Waals surface area contributed by atoms with Crippen molar-refractivity contribution in [2.45, 2.75) is 184 Å². The molecule has 1 fully saturated rings. The van der Waals surface area contributed by atoms with Crippen molar-refractivity contribution in [3.05, 3.63) is 72.9 Å². The summed E-state index contributed by atoms with van der Waals surface area (Å²) in [7, 11) is -10.8. The lowest BCUT2D eigenvalue weighted by Gasteiger charge is -2.43. The molecule has 20 heteroatoms. The summed E-state index contributed by atoms with van der Waals surface area (Å²) in [6, 6.07) is 0. The number of unbranched alkanes of at least 4 members (excludes halogenated alkanes) is 6. The van der Waals surface area contributed by atoms with Crippen LogP contribution < -0.4 is 0 Å². The summed E-state index contributed by atoms with van der Waals surface area (Å²) in [6.45, 7) is 2.64. The largest absolute Gasteiger partial charge is 0.472 e. The fourth-order valence-electron chi connectivity index (χ4n) is 6.33. The molecule has 1 aliphatic rings. The number of esters is 2. The number of allylic oxidation sites excluding steroid dienone is 11. The zero-order valence-electron chi connectivity index (χ0n) is 37.9. The number of carbonyl (C=O) groups excluding carboxylic acids is 2. The fraction of sp³-hybridized carbons (Fsp3) is 0.689. The Morgan fingerprint density at radius 1 is 0.569 bits per heavy atom. The molecule has 0 radical (unpaired) electrons. The lowest BCUT2D eigenvalue weighted by atomic mass is 9.85. The first-order valence-corrected chi connectivity index (χ1v) is 25.7. The topological polar surface area (TPSA) is 296 Å². The number of rotatable bonds is 36. The number of ether oxygens (including phenoxy) is 2. The van der Waals surface area contributed by atoms with Gasteiger partial charge in [-0.3, -0.25) is 23.2 Å². The zero-order valence-corrected chi connectivity index (χ0v) is 39.6. The van der Waals surface area contributed by atoms with E-state index < -0.39 is 95.7 Å². The number of hydrogen-bond donors (Lipinski definition) is 9. The molecule has 0 bridgehead atoms. The normalized spacial score (nSPS) is 23.3. The Morgan fingerprint density at radius 2 is 1.09 bits per heavy atom. The number of aliphatic hydroxyl groups is 6. The van der Waals surface area contributed by atoms with E-state index >= 15 is 0 Å². The van der Waals surface area contributed by atoms with Crippen molar-refractivity contribution < 1.29 is 87.1 Å². The Morgan fingerprint density at radius 3 is 1.69 bits per heavy atom. The maximum Gasteiger partial charge on any atom is 0.472 e. The van der Waals surface area contributed by atoms with Crippen molar-refractivity contribution in [2.24, 2.45) is 0 Å². The second kappa shape index (κ2) is 35.5. The van der Waals surface area contributed by atoms with Gasteiger partial charge < -0.3 is 54.8 Å². The predicted molar refractivity (Wildman–Crippen MR) is 244 cm³/mol. The molecule has 0 heterocycles. The maximum atomic E-state index is 13.0. The summed E-state index contributed by atoms with van der Waals surface area (Å²) in [5.41, 5.74) is 0. The van der Waals surface area contributed by atoms with E-state index in [1.165, 1.54) is 0 Å². The molecule has 9 N–H and O–H groups in total. The van der Waals surface area contributed by atoms with Crippen molar-refractivity contribution in [3.8, 4) is 0 Å². The molecule has 0 saturated heterocycles. The summed E-state index contributed by atoms with van der Waals surface area (Å²) in [5, 5.41) is 62.0. The van der Waals surface area contributed by atoms with Crippen LogP contribution in [0, 0.1) is 0 Å². The highest BCUT2D eigenvalue weighted by atomic mass is 31.2. The molecule has 374 valence electrons. The minimum absolute atomic E-state index is 0.0202. The minimum atomic E-state index is -5.40. The second-order valence-electron chi connectivity index (χ2n) is 15.7. The molecule has 0 amide bonds. The quantitative estimate of drug-likeness (QED) is 0.0151. The molecule has 0 aliphatic heterocycles. The minimum Gasteiger partial charge on any atom is -0.462 e. The average molecular weight is 967 g/mol. The van der Waals surface area contributed by atoms with Gasteiger partial charge in [-0.1, -0.05) is 112 Å². The molecular formula is C45H76O18P2. The summed E-state index contributed by atoms with van der Waals surface area (Å²) >= 11 is 0. The highest BCUT2D eigenvalue weighted by molar-refractivity contribution is 7.47. The molecule has 0 aromatic carbocycles. The zero-order chi connectivity index (χ0) is 48.5. The number of phosphoric ester groups is 2. The number of aliphatic hydroxyl groups excluding tert-OH is 6. The van der Waals surface area contributed by atoms with E-state index in [0.29, 0.717) is 12.8 Å². The van der Waals surface area contributed by atoms with Gasteiger partial charge in [0, 0.05) is 12.8 Å². The Balaban J connectivity index is 2.75. The first-order valence-electron chi connectivity index (χ1n) is 22.6. The molecule has 0 spiro atoms. The third kappa shape index (κ3) is 29.7. The van der Waals surface area contributed by atoms with E-state index in [4.69, 9.17) is 28.3 Å². The summed E-state index contributed by atoms with van der Waals surface area (Å²) in [6.07, 6.45) is 18.8. The first kappa shape index (κ1) is 60.4. The summed E-state index contributed by atoms with van der Waals surface area (Å²) < 4.78 is 49.1. The van der Waals surface area contributed by atoms with Crippen molar-refractivity contribution in [1.82, 2.24) is 0 Å². The van der Waals surface area contributed by atoms with Crippen LogP contribution in [-0.4, -0.2) is 125 Å². The lowest BCUT2D eigenvalue weighted by Crippen LogP contribution is -2.64. The summed E-state index contributed by atoms with van der Waals surface area (Å²) in [4.78, 5) is 54.2. The van der Waals surface area contributed by atoms with E-state index in [2.05, 4.69) is 67.0 Å². The molecule has 1 rings (SSSR count). The average Bonchev–Trinajstić information content (AvgIpc) is 3.25. The molecule has 1 saturated carbocycles. The smallest absolute Gasteiger partial charge is 0.462 e. The standard InChI is InChI=1S/C45H76O18P2/c1-3-5-7-9-11-13-15-17-19-21-23-25-27-31-38(48)59-33-35(34-60-65(57,58)63-45-42(52)40(50)41(51)44(43(45)53)62-64(54,55)56)61-39(49)32-28-30-37(47)36(46)29-26-24-22-20-18-16-14-12-10-8-6-4-2/h6-9,12-15,18,20,24,26,35-37,40-47,50-53H,3-5,10-11,16-17,19,21-23,25,27-34H2,1-2H3,(H,57,58)(H2,54,55,56)/b8-6-,9-7-,14-12-,15-13-,20-18-,26-24-/t35-,36-,37-,40?,41?,42?,43?,44-,45+/m1/s1. The van der Waals surface area contributed by atoms with Gasteiger partial charge in [-0.05, 0) is 77.0 Å². The van der Waals surface area contributed by atoms with Gasteiger partial charge in [-0.15, -0.1) is 0 Å². The van der Waals surface area contributed by atoms with Gasteiger partial charge in [0.25, 0.3) is 0 Å². The van der Waals surface area contributed by atoms with Crippen LogP contribution in [0.3, 0.4) is 0 Å². The molecule has 18 nitrogen and oxygen atoms in total. The van der Waals surface area contributed by atoms with Crippen molar-refractivity contribution in [3.63, 3.8) is 0 Å². The second-order valence-corrected chi connectivity index (χ2v) is 18.3. The van der Waals surface area contributed by atoms with Gasteiger partial charge in [0.05, 0.1) is 18.8 Å². The van der Waals surface area contributed by atoms with Gasteiger partial charge in [0.1, 0.15) is 43.2 Å². The van der Waals surface area contributed by atoms with Crippen LogP contribution in [0.2, 0.25) is 0 Å². The van der Waals surface area contributed by atoms with E-state index in [1.807, 2.05) is 18.2 Å². The van der Waals surface area contributed by atoms with Gasteiger partial charge in [-0.25, -0.2) is 9.13 Å². The number of hydrogen-bond acceptors (Lipinski definition) is 15. The van der Waals surface area contributed by atoms with Gasteiger partial charge >= 0.3 is 27.6 Å². The Hall–Kier alpha value is -2.64. The fourth-order valence-corrected chi connectivity index (χ4v) is 7.86. The molecule has 5 unspecified atom stereocenters. The van der Waals surface area contributed by atoms with Gasteiger partial charge in [0.15, 0.2) is 6.10 Å². The molecule has 0 aromatic rings. The van der Waals surface area contributed by atoms with E-state index in [1.54, 1.807) is 6.08 Å². The highest BCUT2D eigenvalue weighted by Gasteiger charge is 2.54. The summed E-state index contributed by atoms with van der Waals surface area (Å²) in [5.74, 6) is -1.52. The van der Waals surface area contributed by atoms with Crippen molar-refractivity contribution >= 4 is 27.6 Å². The SMILES string of the molecule is CC/C=C\C/C=C\C/C=C\C/C=C\C[C@@H](O)[C@H](O)CCCC(=O)O[C@H](COC(=O)CCCCCCC/C=C\C/C=C\CCC)COP(=O)(O)O[C@H]1C(O)C(O)C(O)[C@@H](OP(=O)(O)O)C1O. The van der Waals surface area contributed by atoms with Crippen molar-refractivity contribution in [1.29, 1.82) is 0 Å². The van der Waals surface area contributed by atoms with Crippen LogP contribution >= 0.6 is 15.6 Å². The van der Waals surface area contributed by atoms with Gasteiger partial charge in [0.2, 0.25) is 0 Å². The Bertz CT molecular complexity index is 1580. The Labute approximate surface area is 384 Å². The van der Waals surface area contributed by atoms with Crippen molar-refractivity contribution in [2.75, 3.05) is 13.2 Å². The van der Waals surface area contributed by atoms with E-state index in [-0.39, 0.29) is 32.1 Å². The Kier molecular flexibility index (Phi) is 33.0. The molecule has 10 atom stereocenters. The molecule has 65 heavy (non-hydrogen) atoms. The molecule has 0 aromatic heterocycles. The van der Waals surface area contributed by atoms with Crippen LogP contribution in [0.4, 0.5) is 0 Å². The van der Waals surface area contributed by atoms with Gasteiger partial charge in [-0.2, -0.15) is 0 Å². The van der Waals surface area contributed by atoms with Crippen LogP contribution in [0.1, 0.15) is 129 Å². The lowest BCUT2D eigenvalue weighted by molar-refractivity contribution is -0.216. The van der Waals surface area contributed by atoms with Crippen LogP contribution in [-0.2, 0) is 41.8 Å². The van der Waals surface area contributed by atoms with E-state index in [9.17, 15) is 54.3 Å². The number of carbonyl (C=O) groups is 2. The third-order valence-corrected chi connectivity index (χ3v) is 11.4. The van der Waals surface area contributed by atoms with E-state index in [0.717, 1.165) is 70.6 Å². The third-order valence-electron chi connectivity index (χ3n) is 9.95. The predicted octanol–water partition coefficient (Wildman–Crippen LogP) is 6.00. The maximum absolute atomic E-state index is 13.0. The first-order chi connectivity index (χ1) is 30.9. The van der Waals surface area contributed by atoms with Crippen LogP contribution in [0.15, 0.2) is 72.9 Å². The van der Waals surface area contributed by atoms with Crippen LogP contribution in [0.5, 0.6) is 0 Å². The molecular weight excluding hydrogens is 890 g/mol.